The Morgan fingerprint density at radius 2 is 2.00 bits per heavy atom. The van der Waals surface area contributed by atoms with Crippen LogP contribution in [0.5, 0.6) is 0 Å². The SMILES string of the molecule is CCCCN1C(=O)NC(=O)C1=O. The molecule has 5 nitrogen and oxygen atoms in total. The highest BCUT2D eigenvalue weighted by atomic mass is 16.2. The average Bonchev–Trinajstić information content (AvgIpc) is 2.25. The molecule has 0 bridgehead atoms. The van der Waals surface area contributed by atoms with E-state index < -0.39 is 17.8 Å². The maximum absolute atomic E-state index is 10.9. The van der Waals surface area contributed by atoms with Crippen LogP contribution in [0.25, 0.3) is 0 Å². The number of amides is 4. The van der Waals surface area contributed by atoms with Gasteiger partial charge in [0, 0.05) is 6.54 Å². The van der Waals surface area contributed by atoms with Gasteiger partial charge in [0.1, 0.15) is 0 Å². The molecule has 66 valence electrons. The molecule has 1 heterocycles. The van der Waals surface area contributed by atoms with E-state index in [0.29, 0.717) is 6.54 Å². The minimum Gasteiger partial charge on any atom is -0.269 e. The monoisotopic (exact) mass is 170 g/mol. The Morgan fingerprint density at radius 1 is 1.33 bits per heavy atom. The summed E-state index contributed by atoms with van der Waals surface area (Å²) in [5, 5.41) is 1.92. The second-order valence-corrected chi connectivity index (χ2v) is 2.57. The van der Waals surface area contributed by atoms with Crippen LogP contribution in [0, 0.1) is 0 Å². The molecule has 0 aromatic carbocycles. The van der Waals surface area contributed by atoms with Crippen LogP contribution in [-0.2, 0) is 9.59 Å². The lowest BCUT2D eigenvalue weighted by Gasteiger charge is -2.08. The predicted octanol–water partition coefficient (Wildman–Crippen LogP) is -0.135. The van der Waals surface area contributed by atoms with Gasteiger partial charge in [0.25, 0.3) is 0 Å². The van der Waals surface area contributed by atoms with E-state index in [1.165, 1.54) is 0 Å². The summed E-state index contributed by atoms with van der Waals surface area (Å²) >= 11 is 0. The standard InChI is InChI=1S/C7H10N2O3/c1-2-3-4-9-6(11)5(10)8-7(9)12/h2-4H2,1H3,(H,8,10,12). The fraction of sp³-hybridized carbons (Fsp3) is 0.571. The van der Waals surface area contributed by atoms with Crippen LogP contribution in [0.1, 0.15) is 19.8 Å². The highest BCUT2D eigenvalue weighted by Gasteiger charge is 2.35. The number of hydrogen-bond donors (Lipinski definition) is 1. The largest absolute Gasteiger partial charge is 0.331 e. The van der Waals surface area contributed by atoms with Crippen molar-refractivity contribution in [1.29, 1.82) is 0 Å². The van der Waals surface area contributed by atoms with E-state index in [1.54, 1.807) is 0 Å². The third kappa shape index (κ3) is 1.44. The summed E-state index contributed by atoms with van der Waals surface area (Å²) in [6.07, 6.45) is 1.61. The zero-order valence-electron chi connectivity index (χ0n) is 6.79. The van der Waals surface area contributed by atoms with E-state index in [9.17, 15) is 14.4 Å². The number of nitrogens with one attached hydrogen (secondary N) is 1. The maximum Gasteiger partial charge on any atom is 0.331 e. The van der Waals surface area contributed by atoms with Gasteiger partial charge >= 0.3 is 17.8 Å². The van der Waals surface area contributed by atoms with Crippen LogP contribution < -0.4 is 5.32 Å². The highest BCUT2D eigenvalue weighted by molar-refractivity contribution is 6.44. The van der Waals surface area contributed by atoms with Crippen molar-refractivity contribution in [2.24, 2.45) is 0 Å². The molecule has 1 saturated heterocycles. The predicted molar refractivity (Wildman–Crippen MR) is 40.2 cm³/mol. The lowest BCUT2D eigenvalue weighted by atomic mass is 10.3. The lowest BCUT2D eigenvalue weighted by Crippen LogP contribution is -2.31. The topological polar surface area (TPSA) is 66.5 Å². The molecule has 0 radical (unpaired) electrons. The molecule has 0 saturated carbocycles. The molecular weight excluding hydrogens is 160 g/mol. The molecule has 1 rings (SSSR count). The van der Waals surface area contributed by atoms with Gasteiger partial charge in [0.05, 0.1) is 0 Å². The quantitative estimate of drug-likeness (QED) is 0.473. The Kier molecular flexibility index (Phi) is 2.42. The van der Waals surface area contributed by atoms with E-state index in [2.05, 4.69) is 0 Å². The van der Waals surface area contributed by atoms with Crippen molar-refractivity contribution in [1.82, 2.24) is 10.2 Å². The fourth-order valence-electron chi connectivity index (χ4n) is 0.952. The first-order valence-electron chi connectivity index (χ1n) is 3.83. The van der Waals surface area contributed by atoms with Crippen molar-refractivity contribution in [3.8, 4) is 0 Å². The average molecular weight is 170 g/mol. The summed E-state index contributed by atoms with van der Waals surface area (Å²) in [7, 11) is 0. The molecule has 12 heavy (non-hydrogen) atoms. The Bertz CT molecular complexity index is 237. The van der Waals surface area contributed by atoms with Gasteiger partial charge in [-0.05, 0) is 6.42 Å². The highest BCUT2D eigenvalue weighted by Crippen LogP contribution is 2.02. The molecule has 1 fully saturated rings. The van der Waals surface area contributed by atoms with Crippen LogP contribution >= 0.6 is 0 Å². The van der Waals surface area contributed by atoms with Gasteiger partial charge in [-0.1, -0.05) is 13.3 Å². The van der Waals surface area contributed by atoms with Gasteiger partial charge in [-0.15, -0.1) is 0 Å². The van der Waals surface area contributed by atoms with Gasteiger partial charge in [-0.3, -0.25) is 19.8 Å². The summed E-state index contributed by atoms with van der Waals surface area (Å²) in [6.45, 7) is 2.27. The van der Waals surface area contributed by atoms with Crippen molar-refractivity contribution in [3.05, 3.63) is 0 Å². The van der Waals surface area contributed by atoms with Crippen LogP contribution in [0.15, 0.2) is 0 Å². The molecule has 0 aliphatic carbocycles. The minimum absolute atomic E-state index is 0.326. The van der Waals surface area contributed by atoms with E-state index in [-0.39, 0.29) is 0 Å². The minimum atomic E-state index is -0.823. The first kappa shape index (κ1) is 8.70. The van der Waals surface area contributed by atoms with Crippen LogP contribution in [0.3, 0.4) is 0 Å². The number of nitrogens with zero attached hydrogens (tertiary/aromatic N) is 1. The second-order valence-electron chi connectivity index (χ2n) is 2.57. The zero-order valence-corrected chi connectivity index (χ0v) is 6.79. The van der Waals surface area contributed by atoms with Crippen LogP contribution in [-0.4, -0.2) is 29.3 Å². The van der Waals surface area contributed by atoms with Gasteiger partial charge in [0.2, 0.25) is 0 Å². The van der Waals surface area contributed by atoms with Gasteiger partial charge in [-0.25, -0.2) is 4.79 Å². The smallest absolute Gasteiger partial charge is 0.269 e. The molecule has 1 aliphatic rings. The van der Waals surface area contributed by atoms with E-state index >= 15 is 0 Å². The number of carbonyl (C=O) groups is 3. The molecule has 5 heteroatoms. The third-order valence-electron chi connectivity index (χ3n) is 1.64. The molecule has 0 unspecified atom stereocenters. The molecule has 0 atom stereocenters. The number of unbranched alkanes of at least 4 members (excludes halogenated alkanes) is 1. The van der Waals surface area contributed by atoms with E-state index in [0.717, 1.165) is 17.7 Å². The number of carbonyl (C=O) groups excluding carboxylic acids is 3. The molecule has 0 aromatic rings. The van der Waals surface area contributed by atoms with E-state index in [1.807, 2.05) is 12.2 Å². The summed E-state index contributed by atoms with van der Waals surface area (Å²) in [6, 6.07) is -0.599. The Labute approximate surface area is 69.7 Å². The van der Waals surface area contributed by atoms with Gasteiger partial charge < -0.3 is 0 Å². The van der Waals surface area contributed by atoms with Crippen LogP contribution in [0.4, 0.5) is 4.79 Å². The second kappa shape index (κ2) is 3.34. The Balaban J connectivity index is 2.58. The van der Waals surface area contributed by atoms with Crippen molar-refractivity contribution < 1.29 is 14.4 Å². The summed E-state index contributed by atoms with van der Waals surface area (Å²) in [5.41, 5.74) is 0. The lowest BCUT2D eigenvalue weighted by molar-refractivity contribution is -0.140. The van der Waals surface area contributed by atoms with Crippen LogP contribution in [0.2, 0.25) is 0 Å². The third-order valence-corrected chi connectivity index (χ3v) is 1.64. The van der Waals surface area contributed by atoms with Gasteiger partial charge in [0.15, 0.2) is 0 Å². The first-order valence-corrected chi connectivity index (χ1v) is 3.83. The van der Waals surface area contributed by atoms with E-state index in [4.69, 9.17) is 0 Å². The molecule has 4 amide bonds. The molecule has 0 aromatic heterocycles. The number of urea groups is 1. The summed E-state index contributed by atoms with van der Waals surface area (Å²) in [5.74, 6) is -1.57. The zero-order chi connectivity index (χ0) is 9.14. The Hall–Kier alpha value is -1.39. The number of rotatable bonds is 3. The molecule has 0 spiro atoms. The summed E-state index contributed by atoms with van der Waals surface area (Å²) in [4.78, 5) is 33.4. The maximum atomic E-state index is 10.9. The van der Waals surface area contributed by atoms with Crippen molar-refractivity contribution in [2.75, 3.05) is 6.54 Å². The van der Waals surface area contributed by atoms with Gasteiger partial charge in [-0.2, -0.15) is 0 Å². The molecule has 1 N–H and O–H groups in total. The number of hydrogen-bond acceptors (Lipinski definition) is 3. The summed E-state index contributed by atoms with van der Waals surface area (Å²) < 4.78 is 0. The van der Waals surface area contributed by atoms with Crippen molar-refractivity contribution >= 4 is 17.8 Å². The number of imide groups is 2. The molecule has 1 aliphatic heterocycles. The van der Waals surface area contributed by atoms with Crippen molar-refractivity contribution in [3.63, 3.8) is 0 Å². The molecular formula is C7H10N2O3. The fourth-order valence-corrected chi connectivity index (χ4v) is 0.952. The Morgan fingerprint density at radius 3 is 2.42 bits per heavy atom. The first-order chi connectivity index (χ1) is 5.66. The van der Waals surface area contributed by atoms with Crippen molar-refractivity contribution in [2.45, 2.75) is 19.8 Å². The normalized spacial score (nSPS) is 17.1.